The number of methoxy groups -OCH3 is 1. The number of nitrogens with one attached hydrogen (secondary N) is 1. The topological polar surface area (TPSA) is 62.1 Å². The zero-order valence-electron chi connectivity index (χ0n) is 10.4. The van der Waals surface area contributed by atoms with E-state index in [4.69, 9.17) is 21.6 Å². The normalized spacial score (nSPS) is 11.4. The molecule has 0 aliphatic carbocycles. The maximum Gasteiger partial charge on any atom is 0.255 e. The van der Waals surface area contributed by atoms with Crippen molar-refractivity contribution in [2.75, 3.05) is 7.11 Å². The highest BCUT2D eigenvalue weighted by Gasteiger charge is 2.16. The van der Waals surface area contributed by atoms with Crippen molar-refractivity contribution in [2.24, 2.45) is 0 Å². The van der Waals surface area contributed by atoms with E-state index in [0.29, 0.717) is 22.8 Å². The first-order valence-electron chi connectivity index (χ1n) is 5.63. The summed E-state index contributed by atoms with van der Waals surface area (Å²) >= 11 is 5.83. The number of ether oxygens (including phenoxy) is 1. The standard InChI is InChI=1S/C13H15ClN2O2/c1-3-10(6-7-15)16-13(17)11-5-4-9(14)8-12(11)18-2/h4-5,8,10H,3,6H2,1-2H3,(H,16,17). The fraction of sp³-hybridized carbons (Fsp3) is 0.385. The molecule has 0 fully saturated rings. The SMILES string of the molecule is CCC(CC#N)NC(=O)c1ccc(Cl)cc1OC. The summed E-state index contributed by atoms with van der Waals surface area (Å²) in [5.74, 6) is 0.164. The Balaban J connectivity index is 2.87. The van der Waals surface area contributed by atoms with Crippen molar-refractivity contribution in [3.8, 4) is 11.8 Å². The number of carbonyl (C=O) groups is 1. The third-order valence-electron chi connectivity index (χ3n) is 2.57. The molecule has 0 spiro atoms. The number of benzene rings is 1. The van der Waals surface area contributed by atoms with Crippen LogP contribution in [-0.2, 0) is 0 Å². The van der Waals surface area contributed by atoms with Crippen molar-refractivity contribution in [2.45, 2.75) is 25.8 Å². The van der Waals surface area contributed by atoms with E-state index in [0.717, 1.165) is 0 Å². The van der Waals surface area contributed by atoms with E-state index in [-0.39, 0.29) is 18.4 Å². The van der Waals surface area contributed by atoms with Gasteiger partial charge in [0.2, 0.25) is 0 Å². The van der Waals surface area contributed by atoms with Gasteiger partial charge in [0, 0.05) is 11.1 Å². The molecule has 0 saturated heterocycles. The van der Waals surface area contributed by atoms with Gasteiger partial charge in [0.1, 0.15) is 5.75 Å². The fourth-order valence-corrected chi connectivity index (χ4v) is 1.69. The summed E-state index contributed by atoms with van der Waals surface area (Å²) in [5, 5.41) is 11.9. The lowest BCUT2D eigenvalue weighted by atomic mass is 10.1. The zero-order valence-corrected chi connectivity index (χ0v) is 11.1. The van der Waals surface area contributed by atoms with Crippen molar-refractivity contribution in [3.05, 3.63) is 28.8 Å². The lowest BCUT2D eigenvalue weighted by Gasteiger charge is -2.15. The molecular weight excluding hydrogens is 252 g/mol. The molecule has 5 heteroatoms. The summed E-state index contributed by atoms with van der Waals surface area (Å²) in [4.78, 5) is 12.0. The predicted octanol–water partition coefficient (Wildman–Crippen LogP) is 2.77. The Bertz CT molecular complexity index is 469. The predicted molar refractivity (Wildman–Crippen MR) is 69.8 cm³/mol. The molecule has 18 heavy (non-hydrogen) atoms. The summed E-state index contributed by atoms with van der Waals surface area (Å²) in [6, 6.07) is 6.72. The van der Waals surface area contributed by atoms with E-state index < -0.39 is 0 Å². The quantitative estimate of drug-likeness (QED) is 0.891. The van der Waals surface area contributed by atoms with Crippen molar-refractivity contribution in [3.63, 3.8) is 0 Å². The highest BCUT2D eigenvalue weighted by atomic mass is 35.5. The average Bonchev–Trinajstić information content (AvgIpc) is 2.37. The molecule has 0 saturated carbocycles. The zero-order chi connectivity index (χ0) is 13.5. The molecule has 96 valence electrons. The minimum Gasteiger partial charge on any atom is -0.496 e. The largest absolute Gasteiger partial charge is 0.496 e. The van der Waals surface area contributed by atoms with Crippen LogP contribution >= 0.6 is 11.6 Å². The van der Waals surface area contributed by atoms with E-state index in [1.165, 1.54) is 7.11 Å². The second-order valence-electron chi connectivity index (χ2n) is 3.79. The summed E-state index contributed by atoms with van der Waals surface area (Å²) in [7, 11) is 1.48. The number of amides is 1. The highest BCUT2D eigenvalue weighted by Crippen LogP contribution is 2.23. The van der Waals surface area contributed by atoms with Crippen LogP contribution in [0.5, 0.6) is 5.75 Å². The lowest BCUT2D eigenvalue weighted by molar-refractivity contribution is 0.0933. The van der Waals surface area contributed by atoms with Gasteiger partial charge in [-0.1, -0.05) is 18.5 Å². The molecule has 0 bridgehead atoms. The van der Waals surface area contributed by atoms with Crippen LogP contribution < -0.4 is 10.1 Å². The highest BCUT2D eigenvalue weighted by molar-refractivity contribution is 6.30. The van der Waals surface area contributed by atoms with E-state index in [1.54, 1.807) is 18.2 Å². The monoisotopic (exact) mass is 266 g/mol. The summed E-state index contributed by atoms with van der Waals surface area (Å²) in [5.41, 5.74) is 0.415. The minimum absolute atomic E-state index is 0.150. The first kappa shape index (κ1) is 14.3. The molecule has 1 unspecified atom stereocenters. The Morgan fingerprint density at radius 1 is 1.61 bits per heavy atom. The number of rotatable bonds is 5. The number of nitrogens with zero attached hydrogens (tertiary/aromatic N) is 1. The third kappa shape index (κ3) is 3.64. The molecule has 1 aromatic rings. The molecule has 0 aliphatic heterocycles. The lowest BCUT2D eigenvalue weighted by Crippen LogP contribution is -2.34. The van der Waals surface area contributed by atoms with Crippen molar-refractivity contribution in [1.29, 1.82) is 5.26 Å². The molecule has 0 heterocycles. The molecule has 0 aromatic heterocycles. The molecule has 1 N–H and O–H groups in total. The second-order valence-corrected chi connectivity index (χ2v) is 4.22. The van der Waals surface area contributed by atoms with E-state index in [9.17, 15) is 4.79 Å². The fourth-order valence-electron chi connectivity index (χ4n) is 1.52. The molecule has 0 aliphatic rings. The van der Waals surface area contributed by atoms with Crippen LogP contribution in [0.1, 0.15) is 30.1 Å². The second kappa shape index (κ2) is 6.87. The summed E-state index contributed by atoms with van der Waals surface area (Å²) in [6.07, 6.45) is 0.993. The number of hydrogen-bond acceptors (Lipinski definition) is 3. The van der Waals surface area contributed by atoms with Gasteiger partial charge in [0.15, 0.2) is 0 Å². The van der Waals surface area contributed by atoms with E-state index in [1.807, 2.05) is 13.0 Å². The smallest absolute Gasteiger partial charge is 0.255 e. The number of nitriles is 1. The Kier molecular flexibility index (Phi) is 5.47. The first-order chi connectivity index (χ1) is 8.62. The van der Waals surface area contributed by atoms with E-state index >= 15 is 0 Å². The molecule has 1 rings (SSSR count). The summed E-state index contributed by atoms with van der Waals surface area (Å²) in [6.45, 7) is 1.92. The molecular formula is C13H15ClN2O2. The molecule has 4 nitrogen and oxygen atoms in total. The van der Waals surface area contributed by atoms with Crippen molar-refractivity contribution >= 4 is 17.5 Å². The number of carbonyl (C=O) groups excluding carboxylic acids is 1. The summed E-state index contributed by atoms with van der Waals surface area (Å²) < 4.78 is 5.11. The van der Waals surface area contributed by atoms with Crippen LogP contribution in [0, 0.1) is 11.3 Å². The van der Waals surface area contributed by atoms with Crippen LogP contribution in [-0.4, -0.2) is 19.1 Å². The van der Waals surface area contributed by atoms with Crippen LogP contribution in [0.25, 0.3) is 0 Å². The van der Waals surface area contributed by atoms with Crippen molar-refractivity contribution in [1.82, 2.24) is 5.32 Å². The van der Waals surface area contributed by atoms with Gasteiger partial charge in [0.05, 0.1) is 25.2 Å². The van der Waals surface area contributed by atoms with Crippen LogP contribution in [0.3, 0.4) is 0 Å². The van der Waals surface area contributed by atoms with E-state index in [2.05, 4.69) is 5.32 Å². The Labute approximate surface area is 112 Å². The molecule has 0 radical (unpaired) electrons. The van der Waals surface area contributed by atoms with Gasteiger partial charge in [-0.15, -0.1) is 0 Å². The van der Waals surface area contributed by atoms with Crippen LogP contribution in [0.2, 0.25) is 5.02 Å². The van der Waals surface area contributed by atoms with Gasteiger partial charge in [-0.2, -0.15) is 5.26 Å². The molecule has 1 aromatic carbocycles. The average molecular weight is 267 g/mol. The maximum atomic E-state index is 12.0. The van der Waals surface area contributed by atoms with Gasteiger partial charge >= 0.3 is 0 Å². The Morgan fingerprint density at radius 3 is 2.89 bits per heavy atom. The number of hydrogen-bond donors (Lipinski definition) is 1. The Hall–Kier alpha value is -1.73. The van der Waals surface area contributed by atoms with Gasteiger partial charge in [-0.05, 0) is 24.6 Å². The van der Waals surface area contributed by atoms with Gasteiger partial charge < -0.3 is 10.1 Å². The van der Waals surface area contributed by atoms with Gasteiger partial charge in [-0.3, -0.25) is 4.79 Å². The maximum absolute atomic E-state index is 12.0. The first-order valence-corrected chi connectivity index (χ1v) is 6.01. The van der Waals surface area contributed by atoms with Gasteiger partial charge in [0.25, 0.3) is 5.91 Å². The van der Waals surface area contributed by atoms with Crippen LogP contribution in [0.4, 0.5) is 0 Å². The Morgan fingerprint density at radius 2 is 2.33 bits per heavy atom. The van der Waals surface area contributed by atoms with Crippen LogP contribution in [0.15, 0.2) is 18.2 Å². The van der Waals surface area contributed by atoms with Gasteiger partial charge in [-0.25, -0.2) is 0 Å². The minimum atomic E-state index is -0.259. The number of halogens is 1. The third-order valence-corrected chi connectivity index (χ3v) is 2.81. The van der Waals surface area contributed by atoms with Crippen molar-refractivity contribution < 1.29 is 9.53 Å². The molecule has 1 amide bonds. The molecule has 1 atom stereocenters.